The predicted octanol–water partition coefficient (Wildman–Crippen LogP) is 0.0153. The highest BCUT2D eigenvalue weighted by atomic mass is 32.2. The molecule has 1 amide bonds. The van der Waals surface area contributed by atoms with E-state index < -0.39 is 10.0 Å². The number of amides is 1. The molecule has 0 aromatic heterocycles. The summed E-state index contributed by atoms with van der Waals surface area (Å²) in [5.74, 6) is -0.329. The lowest BCUT2D eigenvalue weighted by Gasteiger charge is -2.09. The quantitative estimate of drug-likeness (QED) is 0.642. The molecule has 0 aliphatic rings. The summed E-state index contributed by atoms with van der Waals surface area (Å²) in [5.41, 5.74) is 1.03. The van der Waals surface area contributed by atoms with Gasteiger partial charge in [-0.3, -0.25) is 4.79 Å². The van der Waals surface area contributed by atoms with E-state index in [0.29, 0.717) is 17.5 Å². The van der Waals surface area contributed by atoms with Crippen molar-refractivity contribution < 1.29 is 18.3 Å². The zero-order chi connectivity index (χ0) is 14.5. The predicted molar refractivity (Wildman–Crippen MR) is 71.5 cm³/mol. The molecule has 19 heavy (non-hydrogen) atoms. The summed E-state index contributed by atoms with van der Waals surface area (Å²) in [6.07, 6.45) is 0.341. The summed E-state index contributed by atoms with van der Waals surface area (Å²) >= 11 is 0. The lowest BCUT2D eigenvalue weighted by molar-refractivity contribution is 0.0962. The van der Waals surface area contributed by atoms with Gasteiger partial charge >= 0.3 is 0 Å². The lowest BCUT2D eigenvalue weighted by Crippen LogP contribution is -2.26. The molecular weight excluding hydrogens is 268 g/mol. The van der Waals surface area contributed by atoms with Crippen LogP contribution in [0.1, 0.15) is 22.3 Å². The number of aryl methyl sites for hydroxylation is 1. The van der Waals surface area contributed by atoms with E-state index in [1.165, 1.54) is 19.2 Å². The standard InChI is InChI=1S/C12H18N2O4S/c1-9-4-5-10(8-11(9)12(16)13-2)19(17,18)14-6-3-7-15/h4-5,8,14-15H,3,6-7H2,1-2H3,(H,13,16). The first kappa shape index (κ1) is 15.6. The zero-order valence-electron chi connectivity index (χ0n) is 10.9. The molecule has 0 aliphatic heterocycles. The molecule has 0 fully saturated rings. The molecule has 1 aromatic rings. The molecule has 0 heterocycles. The van der Waals surface area contributed by atoms with Gasteiger partial charge < -0.3 is 10.4 Å². The summed E-state index contributed by atoms with van der Waals surface area (Å²) in [6, 6.07) is 4.38. The fourth-order valence-electron chi connectivity index (χ4n) is 1.52. The summed E-state index contributed by atoms with van der Waals surface area (Å²) in [5, 5.41) is 11.1. The highest BCUT2D eigenvalue weighted by molar-refractivity contribution is 7.89. The minimum atomic E-state index is -3.65. The molecule has 0 saturated heterocycles. The van der Waals surface area contributed by atoms with Gasteiger partial charge in [-0.05, 0) is 31.0 Å². The third-order valence-corrected chi connectivity index (χ3v) is 4.08. The Bertz CT molecular complexity index is 555. The number of carbonyl (C=O) groups excluding carboxylic acids is 1. The van der Waals surface area contributed by atoms with Gasteiger partial charge in [0.25, 0.3) is 5.91 Å². The number of carbonyl (C=O) groups is 1. The van der Waals surface area contributed by atoms with Gasteiger partial charge in [0.05, 0.1) is 4.90 Å². The van der Waals surface area contributed by atoms with Gasteiger partial charge in [0.2, 0.25) is 10.0 Å². The zero-order valence-corrected chi connectivity index (χ0v) is 11.8. The Labute approximate surface area is 112 Å². The summed E-state index contributed by atoms with van der Waals surface area (Å²) in [6.45, 7) is 1.81. The van der Waals surface area contributed by atoms with Crippen LogP contribution in [0.3, 0.4) is 0 Å². The molecular formula is C12H18N2O4S. The Morgan fingerprint density at radius 1 is 1.37 bits per heavy atom. The molecule has 0 aliphatic carbocycles. The Kier molecular flexibility index (Phi) is 5.46. The van der Waals surface area contributed by atoms with Crippen molar-refractivity contribution in [2.75, 3.05) is 20.2 Å². The summed E-state index contributed by atoms with van der Waals surface area (Å²) in [7, 11) is -2.17. The summed E-state index contributed by atoms with van der Waals surface area (Å²) < 4.78 is 26.3. The first-order chi connectivity index (χ1) is 8.92. The van der Waals surface area contributed by atoms with Crippen LogP contribution in [0, 0.1) is 6.92 Å². The largest absolute Gasteiger partial charge is 0.396 e. The molecule has 106 valence electrons. The van der Waals surface area contributed by atoms with Crippen molar-refractivity contribution in [3.63, 3.8) is 0 Å². The third-order valence-electron chi connectivity index (χ3n) is 2.62. The third kappa shape index (κ3) is 4.02. The maximum absolute atomic E-state index is 12.0. The van der Waals surface area contributed by atoms with Crippen LogP contribution in [-0.2, 0) is 10.0 Å². The van der Waals surface area contributed by atoms with Crippen LogP contribution < -0.4 is 10.0 Å². The van der Waals surface area contributed by atoms with E-state index in [-0.39, 0.29) is 24.0 Å². The molecule has 1 rings (SSSR count). The van der Waals surface area contributed by atoms with E-state index in [1.54, 1.807) is 13.0 Å². The van der Waals surface area contributed by atoms with E-state index in [1.807, 2.05) is 0 Å². The Balaban J connectivity index is 3.04. The monoisotopic (exact) mass is 286 g/mol. The minimum Gasteiger partial charge on any atom is -0.396 e. The fraction of sp³-hybridized carbons (Fsp3) is 0.417. The van der Waals surface area contributed by atoms with Crippen molar-refractivity contribution >= 4 is 15.9 Å². The average molecular weight is 286 g/mol. The molecule has 0 unspecified atom stereocenters. The Morgan fingerprint density at radius 3 is 2.63 bits per heavy atom. The SMILES string of the molecule is CNC(=O)c1cc(S(=O)(=O)NCCCO)ccc1C. The molecule has 0 radical (unpaired) electrons. The van der Waals surface area contributed by atoms with Crippen LogP contribution in [0.15, 0.2) is 23.1 Å². The Morgan fingerprint density at radius 2 is 2.05 bits per heavy atom. The van der Waals surface area contributed by atoms with Gasteiger partial charge in [0.15, 0.2) is 0 Å². The van der Waals surface area contributed by atoms with Crippen LogP contribution in [0.2, 0.25) is 0 Å². The van der Waals surface area contributed by atoms with Gasteiger partial charge in [-0.1, -0.05) is 6.07 Å². The molecule has 7 heteroatoms. The van der Waals surface area contributed by atoms with Gasteiger partial charge in [-0.15, -0.1) is 0 Å². The van der Waals surface area contributed by atoms with Crippen molar-refractivity contribution in [1.82, 2.24) is 10.0 Å². The minimum absolute atomic E-state index is 0.0367. The number of aliphatic hydroxyl groups excluding tert-OH is 1. The maximum Gasteiger partial charge on any atom is 0.251 e. The van der Waals surface area contributed by atoms with Crippen LogP contribution in [0.25, 0.3) is 0 Å². The van der Waals surface area contributed by atoms with Crippen molar-refractivity contribution in [2.45, 2.75) is 18.2 Å². The van der Waals surface area contributed by atoms with E-state index >= 15 is 0 Å². The van der Waals surface area contributed by atoms with Crippen molar-refractivity contribution in [2.24, 2.45) is 0 Å². The first-order valence-corrected chi connectivity index (χ1v) is 7.34. The van der Waals surface area contributed by atoms with Crippen LogP contribution in [0.5, 0.6) is 0 Å². The summed E-state index contributed by atoms with van der Waals surface area (Å²) in [4.78, 5) is 11.7. The van der Waals surface area contributed by atoms with Gasteiger partial charge in [-0.2, -0.15) is 0 Å². The molecule has 3 N–H and O–H groups in total. The van der Waals surface area contributed by atoms with Crippen molar-refractivity contribution in [1.29, 1.82) is 0 Å². The van der Waals surface area contributed by atoms with Crippen molar-refractivity contribution in [3.8, 4) is 0 Å². The first-order valence-electron chi connectivity index (χ1n) is 5.85. The topological polar surface area (TPSA) is 95.5 Å². The second-order valence-electron chi connectivity index (χ2n) is 4.03. The normalized spacial score (nSPS) is 11.3. The number of hydrogen-bond acceptors (Lipinski definition) is 4. The Hall–Kier alpha value is -1.44. The second kappa shape index (κ2) is 6.65. The molecule has 6 nitrogen and oxygen atoms in total. The van der Waals surface area contributed by atoms with Crippen LogP contribution in [-0.4, -0.2) is 39.6 Å². The van der Waals surface area contributed by atoms with E-state index in [2.05, 4.69) is 10.0 Å². The van der Waals surface area contributed by atoms with Crippen LogP contribution >= 0.6 is 0 Å². The molecule has 0 atom stereocenters. The lowest BCUT2D eigenvalue weighted by atomic mass is 10.1. The van der Waals surface area contributed by atoms with Gasteiger partial charge in [-0.25, -0.2) is 13.1 Å². The van der Waals surface area contributed by atoms with Crippen LogP contribution in [0.4, 0.5) is 0 Å². The molecule has 1 aromatic carbocycles. The number of sulfonamides is 1. The number of aliphatic hydroxyl groups is 1. The second-order valence-corrected chi connectivity index (χ2v) is 5.80. The van der Waals surface area contributed by atoms with E-state index in [0.717, 1.165) is 0 Å². The molecule has 0 saturated carbocycles. The number of rotatable bonds is 6. The number of benzene rings is 1. The van der Waals surface area contributed by atoms with E-state index in [4.69, 9.17) is 5.11 Å². The number of nitrogens with one attached hydrogen (secondary N) is 2. The molecule has 0 spiro atoms. The van der Waals surface area contributed by atoms with Crippen molar-refractivity contribution in [3.05, 3.63) is 29.3 Å². The van der Waals surface area contributed by atoms with E-state index in [9.17, 15) is 13.2 Å². The average Bonchev–Trinajstić information content (AvgIpc) is 2.38. The van der Waals surface area contributed by atoms with Gasteiger partial charge in [0, 0.05) is 25.8 Å². The highest BCUT2D eigenvalue weighted by Crippen LogP contribution is 2.15. The maximum atomic E-state index is 12.0. The number of hydrogen-bond donors (Lipinski definition) is 3. The highest BCUT2D eigenvalue weighted by Gasteiger charge is 2.16. The smallest absolute Gasteiger partial charge is 0.251 e. The fourth-order valence-corrected chi connectivity index (χ4v) is 2.62. The van der Waals surface area contributed by atoms with Gasteiger partial charge in [0.1, 0.15) is 0 Å². The molecule has 0 bridgehead atoms.